The Bertz CT molecular complexity index is 599. The molecule has 0 amide bonds. The highest BCUT2D eigenvalue weighted by Gasteiger charge is 2.09. The zero-order valence-corrected chi connectivity index (χ0v) is 12.8. The molecule has 0 fully saturated rings. The van der Waals surface area contributed by atoms with Gasteiger partial charge in [0, 0.05) is 30.1 Å². The molecule has 0 bridgehead atoms. The third-order valence-electron chi connectivity index (χ3n) is 2.95. The van der Waals surface area contributed by atoms with Crippen LogP contribution in [-0.4, -0.2) is 11.5 Å². The fraction of sp³-hybridized carbons (Fsp3) is 0.312. The van der Waals surface area contributed by atoms with Crippen LogP contribution in [0.5, 0.6) is 11.5 Å². The first-order valence-corrected chi connectivity index (χ1v) is 7.08. The summed E-state index contributed by atoms with van der Waals surface area (Å²) in [5, 5.41) is 3.89. The molecule has 106 valence electrons. The molecule has 0 aliphatic rings. The van der Waals surface area contributed by atoms with Crippen molar-refractivity contribution in [2.75, 3.05) is 6.54 Å². The van der Waals surface area contributed by atoms with Crippen molar-refractivity contribution >= 4 is 11.6 Å². The van der Waals surface area contributed by atoms with Crippen LogP contribution in [0.3, 0.4) is 0 Å². The molecule has 1 aromatic carbocycles. The highest BCUT2D eigenvalue weighted by molar-refractivity contribution is 6.32. The quantitative estimate of drug-likeness (QED) is 0.894. The van der Waals surface area contributed by atoms with Crippen LogP contribution in [0, 0.1) is 13.8 Å². The Morgan fingerprint density at radius 3 is 2.75 bits per heavy atom. The van der Waals surface area contributed by atoms with Crippen molar-refractivity contribution in [1.82, 2.24) is 10.3 Å². The predicted molar refractivity (Wildman–Crippen MR) is 82.6 cm³/mol. The smallest absolute Gasteiger partial charge is 0.146 e. The molecule has 0 radical (unpaired) electrons. The summed E-state index contributed by atoms with van der Waals surface area (Å²) < 4.78 is 5.99. The van der Waals surface area contributed by atoms with E-state index in [1.54, 1.807) is 0 Å². The van der Waals surface area contributed by atoms with Gasteiger partial charge in [0.15, 0.2) is 0 Å². The van der Waals surface area contributed by atoms with E-state index in [9.17, 15) is 0 Å². The third kappa shape index (κ3) is 3.71. The van der Waals surface area contributed by atoms with Gasteiger partial charge >= 0.3 is 0 Å². The fourth-order valence-corrected chi connectivity index (χ4v) is 2.01. The van der Waals surface area contributed by atoms with Gasteiger partial charge in [-0.05, 0) is 38.1 Å². The van der Waals surface area contributed by atoms with Gasteiger partial charge in [0.2, 0.25) is 0 Å². The van der Waals surface area contributed by atoms with Crippen molar-refractivity contribution in [3.63, 3.8) is 0 Å². The number of nitrogens with zero attached hydrogens (tertiary/aromatic N) is 1. The first kappa shape index (κ1) is 14.8. The number of rotatable bonds is 5. The minimum absolute atomic E-state index is 0.611. The lowest BCUT2D eigenvalue weighted by Gasteiger charge is -2.13. The molecule has 2 rings (SSSR count). The Labute approximate surface area is 124 Å². The maximum absolute atomic E-state index is 6.19. The topological polar surface area (TPSA) is 34.2 Å². The number of aryl methyl sites for hydroxylation is 2. The second-order valence-corrected chi connectivity index (χ2v) is 5.16. The Morgan fingerprint density at radius 2 is 2.00 bits per heavy atom. The number of aromatic nitrogens is 1. The molecule has 0 spiro atoms. The van der Waals surface area contributed by atoms with E-state index in [1.165, 1.54) is 0 Å². The lowest BCUT2D eigenvalue weighted by Crippen LogP contribution is -2.12. The third-order valence-corrected chi connectivity index (χ3v) is 3.26. The summed E-state index contributed by atoms with van der Waals surface area (Å²) in [5.41, 5.74) is 3.06. The van der Waals surface area contributed by atoms with E-state index in [0.29, 0.717) is 10.8 Å². The minimum Gasteiger partial charge on any atom is -0.455 e. The van der Waals surface area contributed by atoms with Crippen molar-refractivity contribution in [2.45, 2.75) is 27.3 Å². The molecule has 0 atom stereocenters. The standard InChI is InChI=1S/C16H19ClN2O/c1-4-18-9-13-10-19-12(3)8-15(13)20-16-7-11(2)5-6-14(16)17/h5-8,10,18H,4,9H2,1-3H3. The average molecular weight is 291 g/mol. The second kappa shape index (κ2) is 6.73. The van der Waals surface area contributed by atoms with Crippen LogP contribution in [0.1, 0.15) is 23.7 Å². The van der Waals surface area contributed by atoms with E-state index < -0.39 is 0 Å². The minimum atomic E-state index is 0.611. The van der Waals surface area contributed by atoms with E-state index in [1.807, 2.05) is 44.3 Å². The molecule has 0 unspecified atom stereocenters. The van der Waals surface area contributed by atoms with Gasteiger partial charge in [0.1, 0.15) is 11.5 Å². The summed E-state index contributed by atoms with van der Waals surface area (Å²) in [6.45, 7) is 7.66. The van der Waals surface area contributed by atoms with E-state index >= 15 is 0 Å². The summed E-state index contributed by atoms with van der Waals surface area (Å²) in [6, 6.07) is 7.69. The van der Waals surface area contributed by atoms with Gasteiger partial charge in [0.05, 0.1) is 5.02 Å². The lowest BCUT2D eigenvalue weighted by molar-refractivity contribution is 0.471. The van der Waals surface area contributed by atoms with Crippen LogP contribution in [0.25, 0.3) is 0 Å². The zero-order chi connectivity index (χ0) is 14.5. The lowest BCUT2D eigenvalue weighted by atomic mass is 10.2. The summed E-state index contributed by atoms with van der Waals surface area (Å²) in [4.78, 5) is 4.32. The molecule has 1 heterocycles. The Balaban J connectivity index is 2.31. The monoisotopic (exact) mass is 290 g/mol. The number of benzene rings is 1. The van der Waals surface area contributed by atoms with Crippen molar-refractivity contribution in [1.29, 1.82) is 0 Å². The van der Waals surface area contributed by atoms with Gasteiger partial charge in [-0.1, -0.05) is 24.6 Å². The largest absolute Gasteiger partial charge is 0.455 e. The normalized spacial score (nSPS) is 10.6. The molecule has 0 saturated heterocycles. The molecule has 2 aromatic rings. The molecular weight excluding hydrogens is 272 g/mol. The molecule has 1 N–H and O–H groups in total. The van der Waals surface area contributed by atoms with E-state index in [4.69, 9.17) is 16.3 Å². The number of pyridine rings is 1. The maximum Gasteiger partial charge on any atom is 0.146 e. The number of nitrogens with one attached hydrogen (secondary N) is 1. The van der Waals surface area contributed by atoms with Gasteiger partial charge in [-0.3, -0.25) is 4.98 Å². The van der Waals surface area contributed by atoms with Crippen LogP contribution in [-0.2, 0) is 6.54 Å². The summed E-state index contributed by atoms with van der Waals surface area (Å²) >= 11 is 6.19. The first-order valence-electron chi connectivity index (χ1n) is 6.70. The fourth-order valence-electron chi connectivity index (χ4n) is 1.86. The number of ether oxygens (including phenoxy) is 1. The highest BCUT2D eigenvalue weighted by atomic mass is 35.5. The van der Waals surface area contributed by atoms with Crippen LogP contribution in [0.4, 0.5) is 0 Å². The van der Waals surface area contributed by atoms with Crippen molar-refractivity contribution < 1.29 is 4.74 Å². The van der Waals surface area contributed by atoms with Gasteiger partial charge in [-0.2, -0.15) is 0 Å². The first-order chi connectivity index (χ1) is 9.60. The van der Waals surface area contributed by atoms with Crippen molar-refractivity contribution in [3.8, 4) is 11.5 Å². The van der Waals surface area contributed by atoms with Crippen LogP contribution < -0.4 is 10.1 Å². The van der Waals surface area contributed by atoms with E-state index in [2.05, 4.69) is 17.2 Å². The SMILES string of the molecule is CCNCc1cnc(C)cc1Oc1cc(C)ccc1Cl. The molecule has 4 heteroatoms. The summed E-state index contributed by atoms with van der Waals surface area (Å²) in [6.07, 6.45) is 1.84. The van der Waals surface area contributed by atoms with Gasteiger partial charge < -0.3 is 10.1 Å². The Kier molecular flexibility index (Phi) is 4.99. The van der Waals surface area contributed by atoms with Gasteiger partial charge in [-0.25, -0.2) is 0 Å². The van der Waals surface area contributed by atoms with Crippen LogP contribution in [0.2, 0.25) is 5.02 Å². The van der Waals surface area contributed by atoms with Gasteiger partial charge in [0.25, 0.3) is 0 Å². The summed E-state index contributed by atoms with van der Waals surface area (Å²) in [7, 11) is 0. The molecule has 0 aliphatic carbocycles. The summed E-state index contributed by atoms with van der Waals surface area (Å²) in [5.74, 6) is 1.47. The number of hydrogen-bond donors (Lipinski definition) is 1. The maximum atomic E-state index is 6.19. The van der Waals surface area contributed by atoms with E-state index in [-0.39, 0.29) is 0 Å². The van der Waals surface area contributed by atoms with Crippen LogP contribution in [0.15, 0.2) is 30.5 Å². The zero-order valence-electron chi connectivity index (χ0n) is 12.0. The van der Waals surface area contributed by atoms with Crippen LogP contribution >= 0.6 is 11.6 Å². The predicted octanol–water partition coefficient (Wildman–Crippen LogP) is 4.25. The second-order valence-electron chi connectivity index (χ2n) is 4.75. The molecule has 3 nitrogen and oxygen atoms in total. The Morgan fingerprint density at radius 1 is 1.20 bits per heavy atom. The highest BCUT2D eigenvalue weighted by Crippen LogP contribution is 2.32. The molecule has 1 aromatic heterocycles. The van der Waals surface area contributed by atoms with Crippen molar-refractivity contribution in [3.05, 3.63) is 52.3 Å². The molecule has 20 heavy (non-hydrogen) atoms. The van der Waals surface area contributed by atoms with Crippen molar-refractivity contribution in [2.24, 2.45) is 0 Å². The molecule has 0 aliphatic heterocycles. The molecule has 0 saturated carbocycles. The van der Waals surface area contributed by atoms with E-state index in [0.717, 1.165) is 35.7 Å². The molecular formula is C16H19ClN2O. The van der Waals surface area contributed by atoms with Gasteiger partial charge in [-0.15, -0.1) is 0 Å². The average Bonchev–Trinajstić information content (AvgIpc) is 2.42. The number of hydrogen-bond acceptors (Lipinski definition) is 3. The Hall–Kier alpha value is -1.58. The number of halogens is 1.